The van der Waals surface area contributed by atoms with E-state index in [2.05, 4.69) is 5.32 Å². The monoisotopic (exact) mass is 277 g/mol. The number of hydrogen-bond donors (Lipinski definition) is 2. The molecule has 0 bridgehead atoms. The van der Waals surface area contributed by atoms with Gasteiger partial charge in [0.2, 0.25) is 5.91 Å². The van der Waals surface area contributed by atoms with Crippen LogP contribution in [0.2, 0.25) is 0 Å². The Kier molecular flexibility index (Phi) is 6.46. The Labute approximate surface area is 118 Å². The molecule has 0 saturated heterocycles. The van der Waals surface area contributed by atoms with Gasteiger partial charge in [0, 0.05) is 18.4 Å². The molecule has 0 aromatic heterocycles. The van der Waals surface area contributed by atoms with E-state index in [1.165, 1.54) is 6.08 Å². The Bertz CT molecular complexity index is 509. The van der Waals surface area contributed by atoms with Gasteiger partial charge in [-0.25, -0.2) is 4.79 Å². The number of carboxylic acids is 1. The van der Waals surface area contributed by atoms with E-state index < -0.39 is 5.97 Å². The first-order valence-electron chi connectivity index (χ1n) is 6.42. The van der Waals surface area contributed by atoms with Crippen molar-refractivity contribution in [3.05, 3.63) is 35.4 Å². The molecule has 108 valence electrons. The lowest BCUT2D eigenvalue weighted by atomic mass is 10.1. The van der Waals surface area contributed by atoms with E-state index in [1.54, 1.807) is 18.2 Å². The fraction of sp³-hybridized carbons (Fsp3) is 0.333. The lowest BCUT2D eigenvalue weighted by molar-refractivity contribution is -0.131. The van der Waals surface area contributed by atoms with E-state index in [1.807, 2.05) is 13.8 Å². The average Bonchev–Trinajstić information content (AvgIpc) is 2.38. The molecule has 0 fully saturated rings. The van der Waals surface area contributed by atoms with Gasteiger partial charge in [-0.1, -0.05) is 6.07 Å². The number of amides is 1. The van der Waals surface area contributed by atoms with Gasteiger partial charge in [0.25, 0.3) is 0 Å². The van der Waals surface area contributed by atoms with Crippen LogP contribution >= 0.6 is 0 Å². The summed E-state index contributed by atoms with van der Waals surface area (Å²) in [4.78, 5) is 22.1. The third-order valence-corrected chi connectivity index (χ3v) is 2.64. The second-order valence-corrected chi connectivity index (χ2v) is 4.24. The summed E-state index contributed by atoms with van der Waals surface area (Å²) < 4.78 is 5.11. The number of carboxylic acid groups (broad SMARTS) is 1. The number of aliphatic carboxylic acids is 1. The van der Waals surface area contributed by atoms with Gasteiger partial charge < -0.3 is 15.2 Å². The number of aryl methyl sites for hydroxylation is 1. The van der Waals surface area contributed by atoms with E-state index >= 15 is 0 Å². The zero-order chi connectivity index (χ0) is 15.0. The van der Waals surface area contributed by atoms with Gasteiger partial charge >= 0.3 is 5.97 Å². The molecule has 0 aliphatic heterocycles. The van der Waals surface area contributed by atoms with Crippen molar-refractivity contribution < 1.29 is 19.4 Å². The number of anilines is 1. The molecule has 1 amide bonds. The largest absolute Gasteiger partial charge is 0.478 e. The van der Waals surface area contributed by atoms with Crippen molar-refractivity contribution in [3.8, 4) is 0 Å². The van der Waals surface area contributed by atoms with Crippen LogP contribution in [0.5, 0.6) is 0 Å². The Balaban J connectivity index is 2.63. The summed E-state index contributed by atoms with van der Waals surface area (Å²) in [6, 6.07) is 5.32. The third-order valence-electron chi connectivity index (χ3n) is 2.64. The summed E-state index contributed by atoms with van der Waals surface area (Å²) in [5.74, 6) is -1.09. The standard InChI is InChI=1S/C15H19NO4/c1-3-20-9-8-14(17)16-13-6-4-12(11(2)10-13)5-7-15(18)19/h4-7,10H,3,8-9H2,1-2H3,(H,16,17)(H,18,19). The highest BCUT2D eigenvalue weighted by Crippen LogP contribution is 2.16. The van der Waals surface area contributed by atoms with Crippen molar-refractivity contribution in [2.24, 2.45) is 0 Å². The van der Waals surface area contributed by atoms with Gasteiger partial charge in [0.1, 0.15) is 0 Å². The molecule has 0 atom stereocenters. The van der Waals surface area contributed by atoms with Crippen LogP contribution in [-0.2, 0) is 14.3 Å². The molecule has 20 heavy (non-hydrogen) atoms. The SMILES string of the molecule is CCOCCC(=O)Nc1ccc(C=CC(=O)O)c(C)c1. The van der Waals surface area contributed by atoms with E-state index in [9.17, 15) is 9.59 Å². The summed E-state index contributed by atoms with van der Waals surface area (Å²) >= 11 is 0. The number of carbonyl (C=O) groups is 2. The third kappa shape index (κ3) is 5.67. The van der Waals surface area contributed by atoms with Crippen molar-refractivity contribution in [2.45, 2.75) is 20.3 Å². The number of benzene rings is 1. The van der Waals surface area contributed by atoms with Crippen LogP contribution in [0.3, 0.4) is 0 Å². The molecule has 1 aromatic rings. The molecule has 1 rings (SSSR count). The highest BCUT2D eigenvalue weighted by Gasteiger charge is 2.03. The maximum Gasteiger partial charge on any atom is 0.328 e. The lowest BCUT2D eigenvalue weighted by Gasteiger charge is -2.08. The fourth-order valence-corrected chi connectivity index (χ4v) is 1.63. The molecular weight excluding hydrogens is 258 g/mol. The van der Waals surface area contributed by atoms with Crippen molar-refractivity contribution in [3.63, 3.8) is 0 Å². The van der Waals surface area contributed by atoms with Gasteiger partial charge in [0.05, 0.1) is 13.0 Å². The summed E-state index contributed by atoms with van der Waals surface area (Å²) in [5.41, 5.74) is 2.39. The van der Waals surface area contributed by atoms with Crippen LogP contribution in [0, 0.1) is 6.92 Å². The number of hydrogen-bond acceptors (Lipinski definition) is 3. The maximum atomic E-state index is 11.6. The number of nitrogens with one attached hydrogen (secondary N) is 1. The van der Waals surface area contributed by atoms with Gasteiger partial charge in [-0.3, -0.25) is 4.79 Å². The number of ether oxygens (including phenoxy) is 1. The normalized spacial score (nSPS) is 10.7. The van der Waals surface area contributed by atoms with E-state index in [-0.39, 0.29) is 5.91 Å². The van der Waals surface area contributed by atoms with Crippen molar-refractivity contribution in [1.82, 2.24) is 0 Å². The van der Waals surface area contributed by atoms with Gasteiger partial charge in [-0.05, 0) is 43.2 Å². The van der Waals surface area contributed by atoms with E-state index in [0.717, 1.165) is 17.2 Å². The van der Waals surface area contributed by atoms with E-state index in [0.29, 0.717) is 25.3 Å². The van der Waals surface area contributed by atoms with E-state index in [4.69, 9.17) is 9.84 Å². The predicted octanol–water partition coefficient (Wildman–Crippen LogP) is 2.46. The molecule has 2 N–H and O–H groups in total. The smallest absolute Gasteiger partial charge is 0.328 e. The summed E-state index contributed by atoms with van der Waals surface area (Å²) in [5, 5.41) is 11.4. The van der Waals surface area contributed by atoms with Gasteiger partial charge in [-0.2, -0.15) is 0 Å². The second kappa shape index (κ2) is 8.12. The average molecular weight is 277 g/mol. The Hall–Kier alpha value is -2.14. The fourth-order valence-electron chi connectivity index (χ4n) is 1.63. The quantitative estimate of drug-likeness (QED) is 0.593. The molecular formula is C15H19NO4. The molecule has 0 saturated carbocycles. The molecule has 0 spiro atoms. The minimum absolute atomic E-state index is 0.105. The second-order valence-electron chi connectivity index (χ2n) is 4.24. The van der Waals surface area contributed by atoms with Crippen LogP contribution in [0.1, 0.15) is 24.5 Å². The lowest BCUT2D eigenvalue weighted by Crippen LogP contribution is -2.14. The number of rotatable bonds is 7. The predicted molar refractivity (Wildman–Crippen MR) is 77.6 cm³/mol. The zero-order valence-corrected chi connectivity index (χ0v) is 11.7. The first-order chi connectivity index (χ1) is 9.52. The highest BCUT2D eigenvalue weighted by atomic mass is 16.5. The van der Waals surface area contributed by atoms with Crippen LogP contribution in [-0.4, -0.2) is 30.2 Å². The number of carbonyl (C=O) groups excluding carboxylic acids is 1. The van der Waals surface area contributed by atoms with Crippen LogP contribution < -0.4 is 5.32 Å². The first-order valence-corrected chi connectivity index (χ1v) is 6.42. The van der Waals surface area contributed by atoms with Gasteiger partial charge in [-0.15, -0.1) is 0 Å². The Morgan fingerprint density at radius 3 is 2.75 bits per heavy atom. The Morgan fingerprint density at radius 2 is 2.15 bits per heavy atom. The molecule has 0 radical (unpaired) electrons. The molecule has 5 heteroatoms. The van der Waals surface area contributed by atoms with Crippen LogP contribution in [0.15, 0.2) is 24.3 Å². The molecule has 1 aromatic carbocycles. The Morgan fingerprint density at radius 1 is 1.40 bits per heavy atom. The maximum absolute atomic E-state index is 11.6. The molecule has 0 aliphatic carbocycles. The molecule has 5 nitrogen and oxygen atoms in total. The van der Waals surface area contributed by atoms with Crippen molar-refractivity contribution >= 4 is 23.6 Å². The minimum Gasteiger partial charge on any atom is -0.478 e. The van der Waals surface area contributed by atoms with Crippen molar-refractivity contribution in [2.75, 3.05) is 18.5 Å². The molecule has 0 heterocycles. The van der Waals surface area contributed by atoms with Crippen LogP contribution in [0.4, 0.5) is 5.69 Å². The summed E-state index contributed by atoms with van der Waals surface area (Å²) in [6.45, 7) is 4.74. The van der Waals surface area contributed by atoms with Crippen LogP contribution in [0.25, 0.3) is 6.08 Å². The molecule has 0 unspecified atom stereocenters. The minimum atomic E-state index is -0.988. The first kappa shape index (κ1) is 15.9. The summed E-state index contributed by atoms with van der Waals surface area (Å²) in [6.07, 6.45) is 2.93. The zero-order valence-electron chi connectivity index (χ0n) is 11.7. The highest BCUT2D eigenvalue weighted by molar-refractivity contribution is 5.91. The summed E-state index contributed by atoms with van der Waals surface area (Å²) in [7, 11) is 0. The van der Waals surface area contributed by atoms with Gasteiger partial charge in [0.15, 0.2) is 0 Å². The molecule has 0 aliphatic rings. The topological polar surface area (TPSA) is 75.6 Å². The van der Waals surface area contributed by atoms with Crippen molar-refractivity contribution in [1.29, 1.82) is 0 Å².